The smallest absolute Gasteiger partial charge is 0.132 e. The van der Waals surface area contributed by atoms with Crippen molar-refractivity contribution in [2.24, 2.45) is 0 Å². The number of fused-ring (bicyclic) bond motifs is 1. The highest BCUT2D eigenvalue weighted by Crippen LogP contribution is 2.34. The highest BCUT2D eigenvalue weighted by atomic mass is 32.1. The second-order valence-corrected chi connectivity index (χ2v) is 11.8. The third-order valence-corrected chi connectivity index (χ3v) is 8.62. The van der Waals surface area contributed by atoms with Crippen LogP contribution < -0.4 is 14.8 Å². The summed E-state index contributed by atoms with van der Waals surface area (Å²) in [5, 5.41) is 7.79. The van der Waals surface area contributed by atoms with Gasteiger partial charge in [0.05, 0.1) is 39.1 Å². The summed E-state index contributed by atoms with van der Waals surface area (Å²) in [6.45, 7) is 5.09. The minimum atomic E-state index is -0.152. The molecule has 3 unspecified atom stereocenters. The van der Waals surface area contributed by atoms with E-state index in [0.717, 1.165) is 53.8 Å². The van der Waals surface area contributed by atoms with Crippen LogP contribution in [0.2, 0.25) is 0 Å². The summed E-state index contributed by atoms with van der Waals surface area (Å²) in [5.74, 6) is 2.02. The summed E-state index contributed by atoms with van der Waals surface area (Å²) in [6, 6.07) is 25.2. The fraction of sp³-hybridized carbons (Fsp3) is 0.429. The van der Waals surface area contributed by atoms with Crippen molar-refractivity contribution < 1.29 is 28.4 Å². The maximum atomic E-state index is 6.62. The molecule has 4 aromatic rings. The summed E-state index contributed by atoms with van der Waals surface area (Å²) >= 11 is 1.72. The Hall–Kier alpha value is -2.98. The molecule has 1 fully saturated rings. The summed E-state index contributed by atoms with van der Waals surface area (Å²) in [6.07, 6.45) is 1.76. The van der Waals surface area contributed by atoms with Crippen molar-refractivity contribution in [2.75, 3.05) is 53.7 Å². The van der Waals surface area contributed by atoms with E-state index in [4.69, 9.17) is 28.4 Å². The van der Waals surface area contributed by atoms with Gasteiger partial charge in [-0.2, -0.15) is 0 Å². The van der Waals surface area contributed by atoms with Crippen LogP contribution in [0.5, 0.6) is 11.5 Å². The van der Waals surface area contributed by atoms with Crippen molar-refractivity contribution in [1.82, 2.24) is 5.32 Å². The molecule has 0 amide bonds. The predicted octanol–water partition coefficient (Wildman–Crippen LogP) is 6.59. The Morgan fingerprint density at radius 2 is 1.77 bits per heavy atom. The lowest BCUT2D eigenvalue weighted by molar-refractivity contribution is -0.00251. The summed E-state index contributed by atoms with van der Waals surface area (Å²) in [5.41, 5.74) is 2.30. The van der Waals surface area contributed by atoms with E-state index in [1.54, 1.807) is 25.6 Å². The SMILES string of the molecule is COCC(COc1c(COC2CNCCC2c2ccc(OCCCOCc3cccs3)cc2)ccc2ccccc12)OC. The fourth-order valence-electron chi connectivity index (χ4n) is 5.43. The highest BCUT2D eigenvalue weighted by molar-refractivity contribution is 7.09. The van der Waals surface area contributed by atoms with Gasteiger partial charge in [0.2, 0.25) is 0 Å². The van der Waals surface area contributed by atoms with Crippen LogP contribution in [0.4, 0.5) is 0 Å². The molecule has 2 heterocycles. The first kappa shape index (κ1) is 31.4. The first-order valence-electron chi connectivity index (χ1n) is 15.1. The van der Waals surface area contributed by atoms with E-state index in [-0.39, 0.29) is 12.2 Å². The molecule has 3 aromatic carbocycles. The summed E-state index contributed by atoms with van der Waals surface area (Å²) in [7, 11) is 3.35. The average molecular weight is 606 g/mol. The molecule has 230 valence electrons. The van der Waals surface area contributed by atoms with Crippen molar-refractivity contribution in [1.29, 1.82) is 0 Å². The second-order valence-electron chi connectivity index (χ2n) is 10.8. The number of hydrogen-bond acceptors (Lipinski definition) is 8. The molecule has 5 rings (SSSR count). The molecule has 0 saturated carbocycles. The maximum Gasteiger partial charge on any atom is 0.132 e. The third-order valence-electron chi connectivity index (χ3n) is 7.77. The van der Waals surface area contributed by atoms with Gasteiger partial charge < -0.3 is 33.7 Å². The van der Waals surface area contributed by atoms with Crippen molar-refractivity contribution in [3.63, 3.8) is 0 Å². The zero-order valence-corrected chi connectivity index (χ0v) is 26.0. The van der Waals surface area contributed by atoms with Crippen molar-refractivity contribution in [3.8, 4) is 11.5 Å². The van der Waals surface area contributed by atoms with Gasteiger partial charge in [-0.05, 0) is 47.5 Å². The van der Waals surface area contributed by atoms with Gasteiger partial charge in [0.1, 0.15) is 24.2 Å². The molecule has 43 heavy (non-hydrogen) atoms. The minimum absolute atomic E-state index is 0.0422. The molecule has 1 aliphatic heterocycles. The Morgan fingerprint density at radius 3 is 2.58 bits per heavy atom. The van der Waals surface area contributed by atoms with Crippen LogP contribution in [0.25, 0.3) is 10.8 Å². The Morgan fingerprint density at radius 1 is 0.884 bits per heavy atom. The Kier molecular flexibility index (Phi) is 12.3. The highest BCUT2D eigenvalue weighted by Gasteiger charge is 2.28. The number of ether oxygens (including phenoxy) is 6. The molecule has 1 N–H and O–H groups in total. The molecule has 8 heteroatoms. The number of benzene rings is 3. The van der Waals surface area contributed by atoms with Gasteiger partial charge in [-0.25, -0.2) is 0 Å². The lowest BCUT2D eigenvalue weighted by Gasteiger charge is -2.33. The molecule has 3 atom stereocenters. The number of piperidine rings is 1. The summed E-state index contributed by atoms with van der Waals surface area (Å²) in [4.78, 5) is 1.25. The van der Waals surface area contributed by atoms with Crippen LogP contribution in [-0.2, 0) is 32.2 Å². The molecule has 1 aromatic heterocycles. The minimum Gasteiger partial charge on any atom is -0.494 e. The Labute approximate surface area is 259 Å². The molecule has 1 aliphatic rings. The quantitative estimate of drug-likeness (QED) is 0.136. The molecule has 7 nitrogen and oxygen atoms in total. The van der Waals surface area contributed by atoms with Crippen LogP contribution in [0, 0.1) is 0 Å². The number of thiophene rings is 1. The predicted molar refractivity (Wildman–Crippen MR) is 171 cm³/mol. The number of rotatable bonds is 17. The largest absolute Gasteiger partial charge is 0.494 e. The monoisotopic (exact) mass is 605 g/mol. The zero-order valence-electron chi connectivity index (χ0n) is 25.2. The fourth-order valence-corrected chi connectivity index (χ4v) is 6.07. The number of hydrogen-bond donors (Lipinski definition) is 1. The van der Waals surface area contributed by atoms with Crippen LogP contribution >= 0.6 is 11.3 Å². The van der Waals surface area contributed by atoms with Crippen molar-refractivity contribution in [2.45, 2.75) is 44.2 Å². The Balaban J connectivity index is 1.17. The van der Waals surface area contributed by atoms with E-state index in [1.807, 2.05) is 18.2 Å². The van der Waals surface area contributed by atoms with Crippen molar-refractivity contribution in [3.05, 3.63) is 94.2 Å². The average Bonchev–Trinajstić information content (AvgIpc) is 3.58. The molecular formula is C35H43NO6S. The van der Waals surface area contributed by atoms with Crippen molar-refractivity contribution >= 4 is 22.1 Å². The molecule has 0 spiro atoms. The van der Waals surface area contributed by atoms with E-state index < -0.39 is 0 Å². The van der Waals surface area contributed by atoms with Gasteiger partial charge in [0.25, 0.3) is 0 Å². The first-order valence-corrected chi connectivity index (χ1v) is 15.9. The van der Waals surface area contributed by atoms with Crippen LogP contribution in [-0.4, -0.2) is 65.9 Å². The second kappa shape index (κ2) is 16.8. The molecule has 0 bridgehead atoms. The third kappa shape index (κ3) is 9.01. The lowest BCUT2D eigenvalue weighted by atomic mass is 9.87. The number of methoxy groups -OCH3 is 2. The van der Waals surface area contributed by atoms with E-state index >= 15 is 0 Å². The van der Waals surface area contributed by atoms with E-state index in [1.165, 1.54) is 10.4 Å². The molecule has 1 saturated heterocycles. The number of nitrogens with one attached hydrogen (secondary N) is 1. The van der Waals surface area contributed by atoms with Gasteiger partial charge in [0, 0.05) is 48.9 Å². The first-order chi connectivity index (χ1) is 21.2. The topological polar surface area (TPSA) is 67.4 Å². The Bertz CT molecular complexity index is 1360. The molecule has 0 radical (unpaired) electrons. The molecule has 0 aliphatic carbocycles. The van der Waals surface area contributed by atoms with E-state index in [2.05, 4.69) is 65.3 Å². The van der Waals surface area contributed by atoms with E-state index in [0.29, 0.717) is 45.6 Å². The normalized spacial score (nSPS) is 17.6. The van der Waals surface area contributed by atoms with E-state index in [9.17, 15) is 0 Å². The van der Waals surface area contributed by atoms with Crippen LogP contribution in [0.3, 0.4) is 0 Å². The van der Waals surface area contributed by atoms with Gasteiger partial charge >= 0.3 is 0 Å². The van der Waals surface area contributed by atoms with Crippen LogP contribution in [0.15, 0.2) is 78.2 Å². The van der Waals surface area contributed by atoms with Crippen LogP contribution in [0.1, 0.15) is 34.8 Å². The maximum absolute atomic E-state index is 6.62. The van der Waals surface area contributed by atoms with Gasteiger partial charge in [-0.3, -0.25) is 0 Å². The van der Waals surface area contributed by atoms with Gasteiger partial charge in [-0.1, -0.05) is 54.6 Å². The lowest BCUT2D eigenvalue weighted by Crippen LogP contribution is -2.41. The standard InChI is InChI=1S/C35H43NO6S/c1-37-23-30(38-2)24-42-35-28(11-10-26-7-3-4-9-33(26)35)22-41-34-21-36-17-16-32(34)27-12-14-29(15-13-27)40-19-6-18-39-25-31-8-5-20-43-31/h3-5,7-15,20,30,32,34,36H,6,16-19,21-25H2,1-2H3. The zero-order chi connectivity index (χ0) is 29.7. The summed E-state index contributed by atoms with van der Waals surface area (Å²) < 4.78 is 35.5. The van der Waals surface area contributed by atoms with Gasteiger partial charge in [-0.15, -0.1) is 11.3 Å². The van der Waals surface area contributed by atoms with Gasteiger partial charge in [0.15, 0.2) is 0 Å². The molecular weight excluding hydrogens is 562 g/mol.